The molecule has 0 radical (unpaired) electrons. The Kier molecular flexibility index (Phi) is 3.93. The average molecular weight is 175 g/mol. The highest BCUT2D eigenvalue weighted by atomic mass is 19.3. The van der Waals surface area contributed by atoms with Crippen LogP contribution in [0, 0.1) is 0 Å². The van der Waals surface area contributed by atoms with Crippen LogP contribution < -0.4 is 5.32 Å². The van der Waals surface area contributed by atoms with E-state index >= 15 is 0 Å². The number of rotatable bonds is 3. The van der Waals surface area contributed by atoms with Crippen molar-refractivity contribution in [3.8, 4) is 0 Å². The normalized spacial score (nSPS) is 14.8. The zero-order valence-corrected chi connectivity index (χ0v) is 7.91. The van der Waals surface area contributed by atoms with Crippen molar-refractivity contribution in [2.24, 2.45) is 0 Å². The summed E-state index contributed by atoms with van der Waals surface area (Å²) in [4.78, 5) is 0. The molecule has 0 spiro atoms. The average Bonchev–Trinajstić information content (AvgIpc) is 1.97. The second-order valence-electron chi connectivity index (χ2n) is 2.71. The number of hydrogen-bond acceptors (Lipinski definition) is 1. The summed E-state index contributed by atoms with van der Waals surface area (Å²) < 4.78 is 25.3. The number of alkyl halides is 2. The van der Waals surface area contributed by atoms with E-state index in [0.717, 1.165) is 6.92 Å². The standard InChI is InChI=1S/C9H15F2N/c1-5-8(12-4)6-7(2)9(3,10)11/h5-6,12H,1-4H3/b7-6+,8-5+. The molecule has 0 unspecified atom stereocenters. The maximum atomic E-state index is 12.6. The van der Waals surface area contributed by atoms with Crippen molar-refractivity contribution in [1.82, 2.24) is 5.32 Å². The summed E-state index contributed by atoms with van der Waals surface area (Å²) in [7, 11) is 1.70. The zero-order valence-electron chi connectivity index (χ0n) is 7.91. The summed E-state index contributed by atoms with van der Waals surface area (Å²) in [6, 6.07) is 0. The Labute approximate surface area is 72.2 Å². The van der Waals surface area contributed by atoms with Crippen LogP contribution in [-0.2, 0) is 0 Å². The van der Waals surface area contributed by atoms with E-state index in [1.54, 1.807) is 20.0 Å². The molecule has 0 fully saturated rings. The van der Waals surface area contributed by atoms with Crippen LogP contribution in [0.4, 0.5) is 8.78 Å². The number of allylic oxidation sites excluding steroid dienone is 3. The Morgan fingerprint density at radius 1 is 1.42 bits per heavy atom. The van der Waals surface area contributed by atoms with Gasteiger partial charge in [0.25, 0.3) is 5.92 Å². The highest BCUT2D eigenvalue weighted by Crippen LogP contribution is 2.22. The maximum absolute atomic E-state index is 12.6. The summed E-state index contributed by atoms with van der Waals surface area (Å²) in [5.41, 5.74) is 0.763. The molecule has 1 N–H and O–H groups in total. The fourth-order valence-electron chi connectivity index (χ4n) is 0.660. The summed E-state index contributed by atoms with van der Waals surface area (Å²) in [6.45, 7) is 4.10. The van der Waals surface area contributed by atoms with Crippen molar-refractivity contribution in [3.63, 3.8) is 0 Å². The van der Waals surface area contributed by atoms with Crippen molar-refractivity contribution >= 4 is 0 Å². The molecular weight excluding hydrogens is 160 g/mol. The first-order valence-corrected chi connectivity index (χ1v) is 3.82. The van der Waals surface area contributed by atoms with Gasteiger partial charge in [-0.2, -0.15) is 0 Å². The number of nitrogens with one attached hydrogen (secondary N) is 1. The summed E-state index contributed by atoms with van der Waals surface area (Å²) >= 11 is 0. The van der Waals surface area contributed by atoms with E-state index in [0.29, 0.717) is 5.70 Å². The Balaban J connectivity index is 4.56. The van der Waals surface area contributed by atoms with E-state index in [-0.39, 0.29) is 5.57 Å². The monoisotopic (exact) mass is 175 g/mol. The molecule has 0 aromatic rings. The molecule has 0 heterocycles. The molecule has 0 aliphatic heterocycles. The van der Waals surface area contributed by atoms with Gasteiger partial charge in [0.05, 0.1) is 0 Å². The molecule has 0 saturated carbocycles. The van der Waals surface area contributed by atoms with Gasteiger partial charge in [-0.25, -0.2) is 8.78 Å². The van der Waals surface area contributed by atoms with Gasteiger partial charge in [-0.1, -0.05) is 6.08 Å². The van der Waals surface area contributed by atoms with Gasteiger partial charge < -0.3 is 5.32 Å². The van der Waals surface area contributed by atoms with Gasteiger partial charge in [0.1, 0.15) is 0 Å². The Morgan fingerprint density at radius 2 is 1.92 bits per heavy atom. The molecule has 0 rings (SSSR count). The third kappa shape index (κ3) is 3.51. The maximum Gasteiger partial charge on any atom is 0.266 e. The zero-order chi connectivity index (χ0) is 9.78. The van der Waals surface area contributed by atoms with Gasteiger partial charge >= 0.3 is 0 Å². The Hall–Kier alpha value is -0.860. The van der Waals surface area contributed by atoms with Crippen LogP contribution in [-0.4, -0.2) is 13.0 Å². The van der Waals surface area contributed by atoms with Gasteiger partial charge in [-0.15, -0.1) is 0 Å². The minimum absolute atomic E-state index is 0.0601. The van der Waals surface area contributed by atoms with E-state index in [2.05, 4.69) is 5.32 Å². The first kappa shape index (κ1) is 11.1. The lowest BCUT2D eigenvalue weighted by molar-refractivity contribution is 0.0634. The van der Waals surface area contributed by atoms with Crippen LogP contribution >= 0.6 is 0 Å². The van der Waals surface area contributed by atoms with Crippen molar-refractivity contribution in [3.05, 3.63) is 23.4 Å². The van der Waals surface area contributed by atoms with E-state index in [1.807, 2.05) is 0 Å². The van der Waals surface area contributed by atoms with Crippen LogP contribution in [0.5, 0.6) is 0 Å². The van der Waals surface area contributed by atoms with Gasteiger partial charge in [-0.3, -0.25) is 0 Å². The van der Waals surface area contributed by atoms with Crippen molar-refractivity contribution in [2.75, 3.05) is 7.05 Å². The molecule has 70 valence electrons. The van der Waals surface area contributed by atoms with Gasteiger partial charge in [0, 0.05) is 19.7 Å². The van der Waals surface area contributed by atoms with Gasteiger partial charge in [0.2, 0.25) is 0 Å². The first-order chi connectivity index (χ1) is 5.41. The second kappa shape index (κ2) is 4.24. The highest BCUT2D eigenvalue weighted by Gasteiger charge is 2.23. The SMILES string of the molecule is C/C=C(\C=C(/C)C(C)(F)F)NC. The summed E-state index contributed by atoms with van der Waals surface area (Å²) in [5, 5.41) is 2.81. The lowest BCUT2D eigenvalue weighted by Gasteiger charge is -2.11. The quantitative estimate of drug-likeness (QED) is 0.650. The molecule has 0 aliphatic carbocycles. The Bertz CT molecular complexity index is 199. The largest absolute Gasteiger partial charge is 0.388 e. The molecule has 0 bridgehead atoms. The predicted molar refractivity (Wildman–Crippen MR) is 47.2 cm³/mol. The minimum atomic E-state index is -2.73. The topological polar surface area (TPSA) is 12.0 Å². The number of halogens is 2. The van der Waals surface area contributed by atoms with E-state index in [4.69, 9.17) is 0 Å². The summed E-state index contributed by atoms with van der Waals surface area (Å²) in [6.07, 6.45) is 3.19. The third-order valence-corrected chi connectivity index (χ3v) is 1.66. The van der Waals surface area contributed by atoms with Crippen LogP contribution in [0.1, 0.15) is 20.8 Å². The second-order valence-corrected chi connectivity index (χ2v) is 2.71. The molecule has 1 nitrogen and oxygen atoms in total. The van der Waals surface area contributed by atoms with Crippen molar-refractivity contribution in [1.29, 1.82) is 0 Å². The van der Waals surface area contributed by atoms with Crippen LogP contribution in [0.15, 0.2) is 23.4 Å². The van der Waals surface area contributed by atoms with E-state index < -0.39 is 5.92 Å². The molecule has 3 heteroatoms. The molecule has 0 amide bonds. The molecule has 0 atom stereocenters. The van der Waals surface area contributed by atoms with Crippen LogP contribution in [0.2, 0.25) is 0 Å². The highest BCUT2D eigenvalue weighted by molar-refractivity contribution is 5.23. The van der Waals surface area contributed by atoms with Gasteiger partial charge in [-0.05, 0) is 25.5 Å². The Morgan fingerprint density at radius 3 is 2.17 bits per heavy atom. The lowest BCUT2D eigenvalue weighted by Crippen LogP contribution is -2.13. The van der Waals surface area contributed by atoms with Crippen molar-refractivity contribution in [2.45, 2.75) is 26.7 Å². The van der Waals surface area contributed by atoms with E-state index in [9.17, 15) is 8.78 Å². The van der Waals surface area contributed by atoms with E-state index in [1.165, 1.54) is 13.0 Å². The minimum Gasteiger partial charge on any atom is -0.388 e. The first-order valence-electron chi connectivity index (χ1n) is 3.82. The molecule has 0 aliphatic rings. The third-order valence-electron chi connectivity index (χ3n) is 1.66. The smallest absolute Gasteiger partial charge is 0.266 e. The number of hydrogen-bond donors (Lipinski definition) is 1. The number of likely N-dealkylation sites (N-methyl/N-ethyl adjacent to an activating group) is 1. The predicted octanol–water partition coefficient (Wildman–Crippen LogP) is 2.71. The van der Waals surface area contributed by atoms with Gasteiger partial charge in [0.15, 0.2) is 0 Å². The van der Waals surface area contributed by atoms with Crippen LogP contribution in [0.3, 0.4) is 0 Å². The molecule has 12 heavy (non-hydrogen) atoms. The molecular formula is C9H15F2N. The fourth-order valence-corrected chi connectivity index (χ4v) is 0.660. The van der Waals surface area contributed by atoms with Crippen LogP contribution in [0.25, 0.3) is 0 Å². The molecule has 0 aromatic heterocycles. The molecule has 0 saturated heterocycles. The molecule has 0 aromatic carbocycles. The summed E-state index contributed by atoms with van der Waals surface area (Å²) in [5.74, 6) is -2.73. The fraction of sp³-hybridized carbons (Fsp3) is 0.556. The lowest BCUT2D eigenvalue weighted by atomic mass is 10.1. The van der Waals surface area contributed by atoms with Crippen molar-refractivity contribution < 1.29 is 8.78 Å².